The molecular formula is C48H39N. The minimum absolute atomic E-state index is 0.00819. The molecule has 7 aromatic rings. The van der Waals surface area contributed by atoms with Crippen molar-refractivity contribution in [3.8, 4) is 44.5 Å². The third kappa shape index (κ3) is 4.53. The van der Waals surface area contributed by atoms with E-state index in [4.69, 9.17) is 0 Å². The molecular weight excluding hydrogens is 591 g/mol. The Hall–Kier alpha value is -5.66. The second-order valence-electron chi connectivity index (χ2n) is 14.6. The van der Waals surface area contributed by atoms with E-state index in [0.717, 1.165) is 11.4 Å². The molecule has 0 amide bonds. The number of hydrogen-bond donors (Lipinski definition) is 0. The summed E-state index contributed by atoms with van der Waals surface area (Å²) < 4.78 is 0. The largest absolute Gasteiger partial charge is 0.310 e. The molecule has 0 saturated heterocycles. The Morgan fingerprint density at radius 1 is 0.347 bits per heavy atom. The summed E-state index contributed by atoms with van der Waals surface area (Å²) in [7, 11) is 0. The lowest BCUT2D eigenvalue weighted by atomic mass is 9.81. The van der Waals surface area contributed by atoms with Crippen molar-refractivity contribution in [1.82, 2.24) is 0 Å². The quantitative estimate of drug-likeness (QED) is 0.183. The van der Waals surface area contributed by atoms with Gasteiger partial charge in [0.25, 0.3) is 0 Å². The normalized spacial score (nSPS) is 14.4. The molecule has 1 heteroatoms. The van der Waals surface area contributed by atoms with Gasteiger partial charge < -0.3 is 4.90 Å². The second kappa shape index (κ2) is 10.9. The highest BCUT2D eigenvalue weighted by molar-refractivity contribution is 5.91. The fraction of sp³-hybridized carbons (Fsp3) is 0.125. The van der Waals surface area contributed by atoms with Crippen molar-refractivity contribution in [1.29, 1.82) is 0 Å². The van der Waals surface area contributed by atoms with Crippen LogP contribution in [0.15, 0.2) is 164 Å². The Labute approximate surface area is 290 Å². The van der Waals surface area contributed by atoms with Gasteiger partial charge in [-0.3, -0.25) is 0 Å². The SMILES string of the molecule is CC1(C)c2ccccc2-c2cc(-c3ccc(N(c4ccc(-c5ccccc5)cc4)c4cccc5c4C(C)(C)c4ccccc4-5)cc3)ccc21. The van der Waals surface area contributed by atoms with Gasteiger partial charge in [-0.1, -0.05) is 155 Å². The van der Waals surface area contributed by atoms with Gasteiger partial charge in [0.15, 0.2) is 0 Å². The van der Waals surface area contributed by atoms with E-state index >= 15 is 0 Å². The molecule has 0 radical (unpaired) electrons. The zero-order valence-electron chi connectivity index (χ0n) is 28.5. The standard InChI is InChI=1S/C48H39N/c1-47(2)42-18-10-9-16-39(42)41-31-35(25-30-44(41)47)34-23-28-37(29-24-34)49(36-26-21-33(22-27-36)32-13-6-5-7-14-32)45-20-12-17-40-38-15-8-11-19-43(38)48(3,4)46(40)45/h5-31H,1-4H3. The molecule has 0 fully saturated rings. The fourth-order valence-corrected chi connectivity index (χ4v) is 8.57. The number of nitrogens with zero attached hydrogens (tertiary/aromatic N) is 1. The van der Waals surface area contributed by atoms with E-state index in [0.29, 0.717) is 0 Å². The van der Waals surface area contributed by atoms with Crippen LogP contribution in [0.5, 0.6) is 0 Å². The summed E-state index contributed by atoms with van der Waals surface area (Å²) in [6.45, 7) is 9.42. The van der Waals surface area contributed by atoms with Crippen molar-refractivity contribution < 1.29 is 0 Å². The van der Waals surface area contributed by atoms with E-state index in [9.17, 15) is 0 Å². The number of benzene rings is 7. The highest BCUT2D eigenvalue weighted by atomic mass is 15.1. The van der Waals surface area contributed by atoms with E-state index in [1.807, 2.05) is 0 Å². The number of fused-ring (bicyclic) bond motifs is 6. The highest BCUT2D eigenvalue weighted by Gasteiger charge is 2.39. The zero-order valence-corrected chi connectivity index (χ0v) is 28.5. The summed E-state index contributed by atoms with van der Waals surface area (Å²) in [4.78, 5) is 2.45. The van der Waals surface area contributed by atoms with Crippen LogP contribution in [0.4, 0.5) is 17.1 Å². The molecule has 0 aliphatic heterocycles. The van der Waals surface area contributed by atoms with Crippen LogP contribution in [-0.2, 0) is 10.8 Å². The molecule has 0 atom stereocenters. The molecule has 0 aromatic heterocycles. The third-order valence-electron chi connectivity index (χ3n) is 11.1. The van der Waals surface area contributed by atoms with Gasteiger partial charge in [-0.15, -0.1) is 0 Å². The summed E-state index contributed by atoms with van der Waals surface area (Å²) in [5, 5.41) is 0. The average molecular weight is 630 g/mol. The van der Waals surface area contributed by atoms with Gasteiger partial charge in [-0.05, 0) is 103 Å². The molecule has 0 spiro atoms. The summed E-state index contributed by atoms with van der Waals surface area (Å²) in [5.74, 6) is 0. The Bertz CT molecular complexity index is 2360. The highest BCUT2D eigenvalue weighted by Crippen LogP contribution is 2.54. The van der Waals surface area contributed by atoms with Crippen LogP contribution < -0.4 is 4.90 Å². The molecule has 7 aromatic carbocycles. The molecule has 2 aliphatic rings. The van der Waals surface area contributed by atoms with Crippen molar-refractivity contribution in [3.63, 3.8) is 0 Å². The second-order valence-corrected chi connectivity index (χ2v) is 14.6. The maximum absolute atomic E-state index is 2.45. The predicted octanol–water partition coefficient (Wildman–Crippen LogP) is 13.1. The maximum Gasteiger partial charge on any atom is 0.0508 e. The molecule has 2 aliphatic carbocycles. The van der Waals surface area contributed by atoms with Gasteiger partial charge in [0, 0.05) is 22.2 Å². The maximum atomic E-state index is 2.45. The number of rotatable bonds is 5. The van der Waals surface area contributed by atoms with Crippen LogP contribution in [0, 0.1) is 0 Å². The lowest BCUT2D eigenvalue weighted by Gasteiger charge is -2.32. The van der Waals surface area contributed by atoms with Crippen LogP contribution in [0.25, 0.3) is 44.5 Å². The Morgan fingerprint density at radius 2 is 0.816 bits per heavy atom. The topological polar surface area (TPSA) is 3.24 Å². The molecule has 0 bridgehead atoms. The summed E-state index contributed by atoms with van der Waals surface area (Å²) >= 11 is 0. The molecule has 236 valence electrons. The first kappa shape index (κ1) is 29.5. The first-order chi connectivity index (χ1) is 23.8. The Morgan fingerprint density at radius 3 is 1.47 bits per heavy atom. The van der Waals surface area contributed by atoms with Gasteiger partial charge in [-0.25, -0.2) is 0 Å². The Kier molecular flexibility index (Phi) is 6.58. The summed E-state index contributed by atoms with van der Waals surface area (Å²) in [6.07, 6.45) is 0. The van der Waals surface area contributed by atoms with E-state index in [2.05, 4.69) is 196 Å². The van der Waals surface area contributed by atoms with E-state index in [-0.39, 0.29) is 10.8 Å². The molecule has 0 N–H and O–H groups in total. The van der Waals surface area contributed by atoms with Gasteiger partial charge >= 0.3 is 0 Å². The Balaban J connectivity index is 1.16. The fourth-order valence-electron chi connectivity index (χ4n) is 8.57. The minimum atomic E-state index is -0.140. The van der Waals surface area contributed by atoms with Crippen LogP contribution in [0.2, 0.25) is 0 Å². The molecule has 49 heavy (non-hydrogen) atoms. The van der Waals surface area contributed by atoms with Crippen LogP contribution in [-0.4, -0.2) is 0 Å². The summed E-state index contributed by atoms with van der Waals surface area (Å²) in [6, 6.07) is 60.4. The van der Waals surface area contributed by atoms with Gasteiger partial charge in [0.05, 0.1) is 5.69 Å². The summed E-state index contributed by atoms with van der Waals surface area (Å²) in [5.41, 5.74) is 19.2. The number of hydrogen-bond acceptors (Lipinski definition) is 1. The molecule has 1 nitrogen and oxygen atoms in total. The lowest BCUT2D eigenvalue weighted by molar-refractivity contribution is 0.660. The molecule has 0 saturated carbocycles. The van der Waals surface area contributed by atoms with Crippen molar-refractivity contribution in [2.24, 2.45) is 0 Å². The van der Waals surface area contributed by atoms with Crippen molar-refractivity contribution >= 4 is 17.1 Å². The first-order valence-electron chi connectivity index (χ1n) is 17.4. The van der Waals surface area contributed by atoms with Crippen molar-refractivity contribution in [2.75, 3.05) is 4.90 Å². The van der Waals surface area contributed by atoms with Crippen LogP contribution in [0.3, 0.4) is 0 Å². The third-order valence-corrected chi connectivity index (χ3v) is 11.1. The van der Waals surface area contributed by atoms with Gasteiger partial charge in [0.1, 0.15) is 0 Å². The van der Waals surface area contributed by atoms with E-state index in [1.165, 1.54) is 72.4 Å². The average Bonchev–Trinajstić information content (AvgIpc) is 3.52. The van der Waals surface area contributed by atoms with Crippen molar-refractivity contribution in [3.05, 3.63) is 186 Å². The number of anilines is 3. The van der Waals surface area contributed by atoms with Gasteiger partial charge in [0.2, 0.25) is 0 Å². The van der Waals surface area contributed by atoms with E-state index in [1.54, 1.807) is 0 Å². The minimum Gasteiger partial charge on any atom is -0.310 e. The van der Waals surface area contributed by atoms with Crippen LogP contribution >= 0.6 is 0 Å². The van der Waals surface area contributed by atoms with E-state index < -0.39 is 0 Å². The lowest BCUT2D eigenvalue weighted by Crippen LogP contribution is -2.20. The first-order valence-corrected chi connectivity index (χ1v) is 17.4. The smallest absolute Gasteiger partial charge is 0.0508 e. The predicted molar refractivity (Wildman–Crippen MR) is 207 cm³/mol. The monoisotopic (exact) mass is 629 g/mol. The van der Waals surface area contributed by atoms with Crippen molar-refractivity contribution in [2.45, 2.75) is 38.5 Å². The molecule has 0 heterocycles. The molecule has 9 rings (SSSR count). The zero-order chi connectivity index (χ0) is 33.3. The van der Waals surface area contributed by atoms with Gasteiger partial charge in [-0.2, -0.15) is 0 Å². The molecule has 0 unspecified atom stereocenters. The van der Waals surface area contributed by atoms with Crippen LogP contribution in [0.1, 0.15) is 49.9 Å².